The third kappa shape index (κ3) is 4.70. The van der Waals surface area contributed by atoms with E-state index in [9.17, 15) is 9.59 Å². The molecule has 0 unspecified atom stereocenters. The normalized spacial score (nSPS) is 18.4. The zero-order chi connectivity index (χ0) is 21.0. The first-order valence-electron chi connectivity index (χ1n) is 9.55. The molecule has 0 radical (unpaired) electrons. The van der Waals surface area contributed by atoms with Crippen LogP contribution in [0.3, 0.4) is 0 Å². The van der Waals surface area contributed by atoms with Gasteiger partial charge in [-0.05, 0) is 54.3 Å². The van der Waals surface area contributed by atoms with Crippen LogP contribution in [-0.4, -0.2) is 30.8 Å². The number of anilines is 1. The van der Waals surface area contributed by atoms with E-state index in [1.807, 2.05) is 30.3 Å². The number of amides is 1. The second-order valence-corrected chi connectivity index (χ2v) is 8.37. The largest absolute Gasteiger partial charge is 0.496 e. The fourth-order valence-electron chi connectivity index (χ4n) is 3.53. The molecule has 5 nitrogen and oxygen atoms in total. The van der Waals surface area contributed by atoms with Crippen molar-refractivity contribution in [2.75, 3.05) is 19.0 Å². The Morgan fingerprint density at radius 3 is 2.69 bits per heavy atom. The van der Waals surface area contributed by atoms with E-state index in [4.69, 9.17) is 21.1 Å². The molecule has 0 aliphatic carbocycles. The van der Waals surface area contributed by atoms with Gasteiger partial charge < -0.3 is 14.8 Å². The van der Waals surface area contributed by atoms with E-state index in [2.05, 4.69) is 12.2 Å². The van der Waals surface area contributed by atoms with Gasteiger partial charge >= 0.3 is 5.97 Å². The maximum Gasteiger partial charge on any atom is 0.307 e. The van der Waals surface area contributed by atoms with E-state index in [1.165, 1.54) is 11.8 Å². The number of carbonyl (C=O) groups excluding carboxylic acids is 2. The van der Waals surface area contributed by atoms with Crippen LogP contribution in [0.15, 0.2) is 36.4 Å². The third-order valence-corrected chi connectivity index (χ3v) is 6.55. The molecule has 0 saturated carbocycles. The molecule has 0 aromatic heterocycles. The van der Waals surface area contributed by atoms with Crippen LogP contribution in [0.5, 0.6) is 5.75 Å². The Morgan fingerprint density at radius 2 is 2.00 bits per heavy atom. The van der Waals surface area contributed by atoms with Crippen molar-refractivity contribution in [2.45, 2.75) is 37.2 Å². The molecular formula is C22H24ClNO4S. The average molecular weight is 434 g/mol. The molecule has 29 heavy (non-hydrogen) atoms. The van der Waals surface area contributed by atoms with Crippen LogP contribution in [0.4, 0.5) is 5.69 Å². The summed E-state index contributed by atoms with van der Waals surface area (Å²) in [6, 6.07) is 11.4. The van der Waals surface area contributed by atoms with E-state index in [0.717, 1.165) is 28.9 Å². The van der Waals surface area contributed by atoms with Crippen LogP contribution in [0.2, 0.25) is 5.02 Å². The van der Waals surface area contributed by atoms with Gasteiger partial charge in [0, 0.05) is 10.7 Å². The molecule has 1 amide bonds. The summed E-state index contributed by atoms with van der Waals surface area (Å²) in [6.45, 7) is 4.11. The lowest BCUT2D eigenvalue weighted by atomic mass is 9.96. The topological polar surface area (TPSA) is 64.6 Å². The van der Waals surface area contributed by atoms with E-state index >= 15 is 0 Å². The predicted molar refractivity (Wildman–Crippen MR) is 117 cm³/mol. The average Bonchev–Trinajstić information content (AvgIpc) is 2.84. The maximum atomic E-state index is 12.9. The Hall–Kier alpha value is -2.18. The second-order valence-electron chi connectivity index (χ2n) is 6.62. The van der Waals surface area contributed by atoms with Crippen molar-refractivity contribution in [3.05, 3.63) is 58.1 Å². The van der Waals surface area contributed by atoms with Crippen molar-refractivity contribution in [3.63, 3.8) is 0 Å². The summed E-state index contributed by atoms with van der Waals surface area (Å²) in [4.78, 5) is 25.0. The summed E-state index contributed by atoms with van der Waals surface area (Å²) in [5.74, 6) is 0.207. The standard InChI is InChI=1S/C22H24ClNO4S/c1-4-14-15(7-6-8-18(14)27-3)21-16-11-13(23)9-10-17(16)24-22(26)19(29-21)12-20(25)28-5-2/h6-11,19,21H,4-5,12H2,1-3H3,(H,24,26)/t19-,21-/m1/s1. The number of hydrogen-bond donors (Lipinski definition) is 1. The lowest BCUT2D eigenvalue weighted by Crippen LogP contribution is -2.27. The van der Waals surface area contributed by atoms with Crippen LogP contribution >= 0.6 is 23.4 Å². The Bertz CT molecular complexity index is 918. The number of rotatable bonds is 6. The Kier molecular flexibility index (Phi) is 7.09. The quantitative estimate of drug-likeness (QED) is 0.649. The minimum absolute atomic E-state index is 0.00792. The summed E-state index contributed by atoms with van der Waals surface area (Å²) in [6.07, 6.45) is 0.782. The van der Waals surface area contributed by atoms with E-state index in [0.29, 0.717) is 10.7 Å². The highest BCUT2D eigenvalue weighted by Gasteiger charge is 2.34. The van der Waals surface area contributed by atoms with Gasteiger partial charge in [0.25, 0.3) is 0 Å². The SMILES string of the molecule is CCOC(=O)C[C@H]1S[C@H](c2cccc(OC)c2CC)c2cc(Cl)ccc2NC1=O. The zero-order valence-electron chi connectivity index (χ0n) is 16.7. The molecule has 7 heteroatoms. The highest BCUT2D eigenvalue weighted by Crippen LogP contribution is 2.47. The fraction of sp³-hybridized carbons (Fsp3) is 0.364. The summed E-state index contributed by atoms with van der Waals surface area (Å²) >= 11 is 7.73. The van der Waals surface area contributed by atoms with Crippen molar-refractivity contribution in [3.8, 4) is 5.75 Å². The summed E-state index contributed by atoms with van der Waals surface area (Å²) in [7, 11) is 1.65. The number of carbonyl (C=O) groups is 2. The number of benzene rings is 2. The van der Waals surface area contributed by atoms with Crippen LogP contribution in [-0.2, 0) is 20.7 Å². The van der Waals surface area contributed by atoms with Gasteiger partial charge in [-0.2, -0.15) is 0 Å². The number of esters is 1. The number of ether oxygens (including phenoxy) is 2. The highest BCUT2D eigenvalue weighted by atomic mass is 35.5. The number of nitrogens with one attached hydrogen (secondary N) is 1. The molecule has 0 spiro atoms. The van der Waals surface area contributed by atoms with Crippen molar-refractivity contribution in [2.24, 2.45) is 0 Å². The van der Waals surface area contributed by atoms with Gasteiger partial charge in [-0.25, -0.2) is 0 Å². The number of thioether (sulfide) groups is 1. The number of methoxy groups -OCH3 is 1. The van der Waals surface area contributed by atoms with Crippen molar-refractivity contribution < 1.29 is 19.1 Å². The zero-order valence-corrected chi connectivity index (χ0v) is 18.2. The lowest BCUT2D eigenvalue weighted by Gasteiger charge is -2.23. The fourth-order valence-corrected chi connectivity index (χ4v) is 5.16. The predicted octanol–water partition coefficient (Wildman–Crippen LogP) is 5.01. The van der Waals surface area contributed by atoms with Crippen LogP contribution in [0.1, 0.15) is 42.2 Å². The first-order valence-corrected chi connectivity index (χ1v) is 10.9. The molecule has 3 rings (SSSR count). The van der Waals surface area contributed by atoms with Crippen molar-refractivity contribution in [1.82, 2.24) is 0 Å². The summed E-state index contributed by atoms with van der Waals surface area (Å²) in [5, 5.41) is 2.78. The van der Waals surface area contributed by atoms with E-state index < -0.39 is 5.25 Å². The van der Waals surface area contributed by atoms with E-state index in [-0.39, 0.29) is 30.2 Å². The van der Waals surface area contributed by atoms with Gasteiger partial charge in [0.15, 0.2) is 0 Å². The maximum absolute atomic E-state index is 12.9. The Labute approximate surface area is 180 Å². The molecule has 2 aromatic carbocycles. The molecular weight excluding hydrogens is 410 g/mol. The molecule has 154 valence electrons. The van der Waals surface area contributed by atoms with Crippen molar-refractivity contribution in [1.29, 1.82) is 0 Å². The molecule has 2 atom stereocenters. The number of halogens is 1. The first kappa shape index (κ1) is 21.5. The lowest BCUT2D eigenvalue weighted by molar-refractivity contribution is -0.143. The van der Waals surface area contributed by atoms with Crippen molar-refractivity contribution >= 4 is 40.9 Å². The molecule has 0 fully saturated rings. The number of fused-ring (bicyclic) bond motifs is 1. The van der Waals surface area contributed by atoms with Gasteiger partial charge in [0.1, 0.15) is 5.75 Å². The van der Waals surface area contributed by atoms with Crippen LogP contribution < -0.4 is 10.1 Å². The first-order chi connectivity index (χ1) is 14.0. The minimum atomic E-state index is -0.582. The Morgan fingerprint density at radius 1 is 1.21 bits per heavy atom. The van der Waals surface area contributed by atoms with Gasteiger partial charge in [-0.3, -0.25) is 9.59 Å². The Balaban J connectivity index is 2.10. The third-order valence-electron chi connectivity index (χ3n) is 4.83. The smallest absolute Gasteiger partial charge is 0.307 e. The molecule has 0 saturated heterocycles. The molecule has 1 aliphatic rings. The van der Waals surface area contributed by atoms with Crippen LogP contribution in [0, 0.1) is 0 Å². The molecule has 1 N–H and O–H groups in total. The summed E-state index contributed by atoms with van der Waals surface area (Å²) in [5.41, 5.74) is 3.73. The van der Waals surface area contributed by atoms with Gasteiger partial charge in [-0.1, -0.05) is 30.7 Å². The minimum Gasteiger partial charge on any atom is -0.496 e. The highest BCUT2D eigenvalue weighted by molar-refractivity contribution is 8.01. The van der Waals surface area contributed by atoms with E-state index in [1.54, 1.807) is 20.1 Å². The molecule has 0 bridgehead atoms. The number of hydrogen-bond acceptors (Lipinski definition) is 5. The summed E-state index contributed by atoms with van der Waals surface area (Å²) < 4.78 is 10.6. The second kappa shape index (κ2) is 9.55. The monoisotopic (exact) mass is 433 g/mol. The van der Waals surface area contributed by atoms with Gasteiger partial charge in [0.05, 0.1) is 30.6 Å². The van der Waals surface area contributed by atoms with Gasteiger partial charge in [0.2, 0.25) is 5.91 Å². The molecule has 2 aromatic rings. The van der Waals surface area contributed by atoms with Crippen LogP contribution in [0.25, 0.3) is 0 Å². The molecule has 1 aliphatic heterocycles. The molecule has 1 heterocycles. The van der Waals surface area contributed by atoms with Gasteiger partial charge in [-0.15, -0.1) is 11.8 Å².